The van der Waals surface area contributed by atoms with Crippen molar-refractivity contribution in [1.82, 2.24) is 0 Å². The molecule has 0 fully saturated rings. The SMILES string of the molecule is COc1ccc(CO[C@@H]([C@H](OCc2ccc(OC)cc2)[C@H](O)CO)[C@H](O)CO)cc1. The molecule has 0 saturated heterocycles. The van der Waals surface area contributed by atoms with Crippen LogP contribution >= 0.6 is 0 Å². The van der Waals surface area contributed by atoms with E-state index in [1.165, 1.54) is 0 Å². The van der Waals surface area contributed by atoms with Gasteiger partial charge in [0, 0.05) is 0 Å². The Balaban J connectivity index is 2.10. The van der Waals surface area contributed by atoms with Crippen molar-refractivity contribution in [3.05, 3.63) is 59.7 Å². The maximum atomic E-state index is 10.3. The van der Waals surface area contributed by atoms with Gasteiger partial charge in [-0.2, -0.15) is 0 Å². The van der Waals surface area contributed by atoms with Gasteiger partial charge in [-0.1, -0.05) is 24.3 Å². The predicted octanol–water partition coefficient (Wildman–Crippen LogP) is 0.881. The summed E-state index contributed by atoms with van der Waals surface area (Å²) in [5.41, 5.74) is 1.61. The fourth-order valence-corrected chi connectivity index (χ4v) is 2.89. The monoisotopic (exact) mass is 422 g/mol. The average molecular weight is 422 g/mol. The van der Waals surface area contributed by atoms with E-state index < -0.39 is 37.6 Å². The Bertz CT molecular complexity index is 655. The summed E-state index contributed by atoms with van der Waals surface area (Å²) in [4.78, 5) is 0. The zero-order chi connectivity index (χ0) is 21.9. The van der Waals surface area contributed by atoms with Gasteiger partial charge in [-0.05, 0) is 35.4 Å². The molecule has 0 unspecified atom stereocenters. The molecule has 8 heteroatoms. The summed E-state index contributed by atoms with van der Waals surface area (Å²) in [5.74, 6) is 1.39. The fourth-order valence-electron chi connectivity index (χ4n) is 2.89. The van der Waals surface area contributed by atoms with Crippen molar-refractivity contribution in [1.29, 1.82) is 0 Å². The highest BCUT2D eigenvalue weighted by Crippen LogP contribution is 2.20. The summed E-state index contributed by atoms with van der Waals surface area (Å²) in [5, 5.41) is 39.5. The second-order valence-corrected chi connectivity index (χ2v) is 6.75. The van der Waals surface area contributed by atoms with E-state index in [9.17, 15) is 20.4 Å². The van der Waals surface area contributed by atoms with Crippen LogP contribution in [0.4, 0.5) is 0 Å². The van der Waals surface area contributed by atoms with Gasteiger partial charge in [-0.3, -0.25) is 0 Å². The lowest BCUT2D eigenvalue weighted by atomic mass is 10.0. The molecule has 0 aliphatic heterocycles. The van der Waals surface area contributed by atoms with Crippen LogP contribution in [-0.4, -0.2) is 72.3 Å². The second kappa shape index (κ2) is 12.5. The van der Waals surface area contributed by atoms with Gasteiger partial charge in [0.25, 0.3) is 0 Å². The van der Waals surface area contributed by atoms with Crippen molar-refractivity contribution in [2.24, 2.45) is 0 Å². The molecule has 166 valence electrons. The van der Waals surface area contributed by atoms with Gasteiger partial charge in [0.1, 0.15) is 35.9 Å². The molecule has 0 heterocycles. The van der Waals surface area contributed by atoms with Gasteiger partial charge in [-0.15, -0.1) is 0 Å². The molecule has 0 spiro atoms. The highest BCUT2D eigenvalue weighted by Gasteiger charge is 2.35. The maximum absolute atomic E-state index is 10.3. The van der Waals surface area contributed by atoms with Gasteiger partial charge >= 0.3 is 0 Å². The first-order valence-electron chi connectivity index (χ1n) is 9.59. The first-order chi connectivity index (χ1) is 14.5. The summed E-state index contributed by atoms with van der Waals surface area (Å²) in [6, 6.07) is 14.3. The minimum absolute atomic E-state index is 0.103. The highest BCUT2D eigenvalue weighted by atomic mass is 16.6. The number of hydrogen-bond donors (Lipinski definition) is 4. The van der Waals surface area contributed by atoms with Crippen LogP contribution in [0.3, 0.4) is 0 Å². The predicted molar refractivity (Wildman–Crippen MR) is 109 cm³/mol. The van der Waals surface area contributed by atoms with Crippen molar-refractivity contribution in [2.75, 3.05) is 27.4 Å². The molecule has 2 rings (SSSR count). The topological polar surface area (TPSA) is 118 Å². The molecule has 2 aromatic rings. The van der Waals surface area contributed by atoms with E-state index in [0.717, 1.165) is 11.1 Å². The van der Waals surface area contributed by atoms with Crippen LogP contribution in [0.15, 0.2) is 48.5 Å². The summed E-state index contributed by atoms with van der Waals surface area (Å²) < 4.78 is 21.8. The standard InChI is InChI=1S/C22H30O8/c1-27-17-7-3-15(4-8-17)13-29-21(19(25)11-23)22(20(26)12-24)30-14-16-5-9-18(28-2)10-6-16/h3-10,19-26H,11-14H2,1-2H3/t19-,20-,21-,22-/m1/s1. The third-order valence-electron chi connectivity index (χ3n) is 4.66. The number of aliphatic hydroxyl groups excluding tert-OH is 4. The van der Waals surface area contributed by atoms with E-state index in [4.69, 9.17) is 18.9 Å². The highest BCUT2D eigenvalue weighted by molar-refractivity contribution is 5.27. The van der Waals surface area contributed by atoms with Gasteiger partial charge in [-0.25, -0.2) is 0 Å². The van der Waals surface area contributed by atoms with Crippen LogP contribution in [0.2, 0.25) is 0 Å². The molecule has 0 saturated carbocycles. The Morgan fingerprint density at radius 3 is 1.23 bits per heavy atom. The summed E-state index contributed by atoms with van der Waals surface area (Å²) in [7, 11) is 3.14. The number of benzene rings is 2. The van der Waals surface area contributed by atoms with Crippen molar-refractivity contribution in [2.45, 2.75) is 37.6 Å². The van der Waals surface area contributed by atoms with Crippen molar-refractivity contribution >= 4 is 0 Å². The van der Waals surface area contributed by atoms with Crippen molar-refractivity contribution in [3.8, 4) is 11.5 Å². The van der Waals surface area contributed by atoms with Crippen LogP contribution in [0, 0.1) is 0 Å². The number of rotatable bonds is 13. The van der Waals surface area contributed by atoms with E-state index in [-0.39, 0.29) is 13.2 Å². The third kappa shape index (κ3) is 6.94. The normalized spacial score (nSPS) is 15.3. The first-order valence-corrected chi connectivity index (χ1v) is 9.59. The molecule has 2 aromatic carbocycles. The quantitative estimate of drug-likeness (QED) is 0.376. The van der Waals surface area contributed by atoms with E-state index in [1.54, 1.807) is 62.8 Å². The zero-order valence-corrected chi connectivity index (χ0v) is 17.2. The Hall–Kier alpha value is -2.20. The molecule has 0 bridgehead atoms. The Labute approximate surface area is 176 Å². The Morgan fingerprint density at radius 1 is 0.633 bits per heavy atom. The smallest absolute Gasteiger partial charge is 0.118 e. The molecule has 0 radical (unpaired) electrons. The van der Waals surface area contributed by atoms with Crippen LogP contribution in [0.25, 0.3) is 0 Å². The molecule has 4 atom stereocenters. The summed E-state index contributed by atoms with van der Waals surface area (Å²) in [6.45, 7) is -0.972. The van der Waals surface area contributed by atoms with Gasteiger partial charge < -0.3 is 39.4 Å². The molecule has 8 nitrogen and oxygen atoms in total. The number of ether oxygens (including phenoxy) is 4. The van der Waals surface area contributed by atoms with Crippen LogP contribution in [0.5, 0.6) is 11.5 Å². The minimum atomic E-state index is -1.31. The lowest BCUT2D eigenvalue weighted by molar-refractivity contribution is -0.177. The van der Waals surface area contributed by atoms with Gasteiger partial charge in [0.2, 0.25) is 0 Å². The lowest BCUT2D eigenvalue weighted by Crippen LogP contribution is -2.50. The molecule has 0 aliphatic carbocycles. The van der Waals surface area contributed by atoms with Crippen LogP contribution in [0.1, 0.15) is 11.1 Å². The van der Waals surface area contributed by atoms with E-state index >= 15 is 0 Å². The van der Waals surface area contributed by atoms with E-state index in [1.807, 2.05) is 0 Å². The van der Waals surface area contributed by atoms with E-state index in [0.29, 0.717) is 11.5 Å². The number of hydrogen-bond acceptors (Lipinski definition) is 8. The molecule has 0 aliphatic rings. The van der Waals surface area contributed by atoms with Gasteiger partial charge in [0.05, 0.1) is 40.6 Å². The third-order valence-corrected chi connectivity index (χ3v) is 4.66. The van der Waals surface area contributed by atoms with Crippen LogP contribution in [-0.2, 0) is 22.7 Å². The van der Waals surface area contributed by atoms with Crippen molar-refractivity contribution < 1.29 is 39.4 Å². The van der Waals surface area contributed by atoms with Gasteiger partial charge in [0.15, 0.2) is 0 Å². The Morgan fingerprint density at radius 2 is 0.967 bits per heavy atom. The molecular weight excluding hydrogens is 392 g/mol. The maximum Gasteiger partial charge on any atom is 0.118 e. The molecule has 0 aromatic heterocycles. The summed E-state index contributed by atoms with van der Waals surface area (Å²) >= 11 is 0. The first kappa shape index (κ1) is 24.1. The average Bonchev–Trinajstić information content (AvgIpc) is 2.80. The zero-order valence-electron chi connectivity index (χ0n) is 17.2. The second-order valence-electron chi connectivity index (χ2n) is 6.75. The minimum Gasteiger partial charge on any atom is -0.497 e. The number of methoxy groups -OCH3 is 2. The van der Waals surface area contributed by atoms with Crippen LogP contribution < -0.4 is 9.47 Å². The Kier molecular flexibility index (Phi) is 10.0. The fraction of sp³-hybridized carbons (Fsp3) is 0.455. The molecule has 30 heavy (non-hydrogen) atoms. The van der Waals surface area contributed by atoms with E-state index in [2.05, 4.69) is 0 Å². The largest absolute Gasteiger partial charge is 0.497 e. The molecular formula is C22H30O8. The molecule has 0 amide bonds. The molecule has 4 N–H and O–H groups in total. The summed E-state index contributed by atoms with van der Waals surface area (Å²) in [6.07, 6.45) is -4.77. The number of aliphatic hydroxyl groups is 4. The lowest BCUT2D eigenvalue weighted by Gasteiger charge is -2.32. The van der Waals surface area contributed by atoms with Crippen molar-refractivity contribution in [3.63, 3.8) is 0 Å².